The highest BCUT2D eigenvalue weighted by Crippen LogP contribution is 2.38. The van der Waals surface area contributed by atoms with E-state index in [2.05, 4.69) is 47.1 Å². The van der Waals surface area contributed by atoms with E-state index in [0.717, 1.165) is 38.0 Å². The van der Waals surface area contributed by atoms with Gasteiger partial charge in [0.2, 0.25) is 0 Å². The van der Waals surface area contributed by atoms with Crippen molar-refractivity contribution in [2.75, 3.05) is 13.1 Å². The molecule has 0 radical (unpaired) electrons. The number of nitrogens with zero attached hydrogens (tertiary/aromatic N) is 3. The van der Waals surface area contributed by atoms with Gasteiger partial charge in [-0.05, 0) is 31.4 Å². The van der Waals surface area contributed by atoms with E-state index >= 15 is 0 Å². The van der Waals surface area contributed by atoms with Crippen molar-refractivity contribution in [3.05, 3.63) is 64.4 Å². The highest BCUT2D eigenvalue weighted by molar-refractivity contribution is 6.30. The lowest BCUT2D eigenvalue weighted by Gasteiger charge is -2.37. The molecule has 1 fully saturated rings. The zero-order valence-electron chi connectivity index (χ0n) is 13.3. The smallest absolute Gasteiger partial charge is 0.133 e. The van der Waals surface area contributed by atoms with Crippen LogP contribution in [0.15, 0.2) is 42.6 Å². The first kappa shape index (κ1) is 16.0. The Hall–Kier alpha value is -1.89. The van der Waals surface area contributed by atoms with Gasteiger partial charge in [-0.15, -0.1) is 0 Å². The molecule has 3 rings (SSSR count). The van der Waals surface area contributed by atoms with Gasteiger partial charge in [-0.1, -0.05) is 47.5 Å². The van der Waals surface area contributed by atoms with E-state index in [-0.39, 0.29) is 0 Å². The number of likely N-dealkylation sites (tertiary alicyclic amines) is 1. The molecule has 1 aromatic carbocycles. The molecule has 1 aliphatic heterocycles. The summed E-state index contributed by atoms with van der Waals surface area (Å²) in [6.45, 7) is 4.82. The molecular weight excluding hydrogens is 306 g/mol. The standard InChI is InChI=1S/C19H20ClN3/c1-15-4-6-16(7-5-15)13-23-11-8-19(14-21,9-12-23)17-3-2-10-22-18(17)20/h2-7,10H,8-9,11-13H2,1H3. The Morgan fingerprint density at radius 1 is 1.22 bits per heavy atom. The van der Waals surface area contributed by atoms with Crippen LogP contribution in [0.1, 0.15) is 29.5 Å². The quantitative estimate of drug-likeness (QED) is 0.798. The van der Waals surface area contributed by atoms with Crippen LogP contribution in [0.3, 0.4) is 0 Å². The second-order valence-electron chi connectivity index (χ2n) is 6.30. The fourth-order valence-electron chi connectivity index (χ4n) is 3.23. The van der Waals surface area contributed by atoms with Gasteiger partial charge < -0.3 is 0 Å². The fraction of sp³-hybridized carbons (Fsp3) is 0.368. The molecule has 0 bridgehead atoms. The first-order valence-corrected chi connectivity index (χ1v) is 8.31. The number of aromatic nitrogens is 1. The number of hydrogen-bond acceptors (Lipinski definition) is 3. The van der Waals surface area contributed by atoms with Gasteiger partial charge in [-0.2, -0.15) is 5.26 Å². The van der Waals surface area contributed by atoms with Crippen molar-refractivity contribution in [1.82, 2.24) is 9.88 Å². The van der Waals surface area contributed by atoms with E-state index in [1.807, 2.05) is 12.1 Å². The van der Waals surface area contributed by atoms with Crippen molar-refractivity contribution >= 4 is 11.6 Å². The maximum absolute atomic E-state index is 9.77. The van der Waals surface area contributed by atoms with Crippen LogP contribution in [-0.2, 0) is 12.0 Å². The molecule has 0 unspecified atom stereocenters. The highest BCUT2D eigenvalue weighted by Gasteiger charge is 2.38. The lowest BCUT2D eigenvalue weighted by atomic mass is 9.74. The van der Waals surface area contributed by atoms with Crippen LogP contribution in [0.25, 0.3) is 0 Å². The number of benzene rings is 1. The third-order valence-corrected chi connectivity index (χ3v) is 5.03. The minimum Gasteiger partial charge on any atom is -0.299 e. The van der Waals surface area contributed by atoms with Crippen LogP contribution in [0.4, 0.5) is 0 Å². The Balaban J connectivity index is 1.70. The first-order chi connectivity index (χ1) is 11.1. The predicted molar refractivity (Wildman–Crippen MR) is 92.2 cm³/mol. The van der Waals surface area contributed by atoms with Gasteiger partial charge in [-0.25, -0.2) is 4.98 Å². The Morgan fingerprint density at radius 2 is 1.91 bits per heavy atom. The Morgan fingerprint density at radius 3 is 2.52 bits per heavy atom. The summed E-state index contributed by atoms with van der Waals surface area (Å²) < 4.78 is 0. The van der Waals surface area contributed by atoms with Crippen LogP contribution in [-0.4, -0.2) is 23.0 Å². The summed E-state index contributed by atoms with van der Waals surface area (Å²) in [5.41, 5.74) is 2.97. The third-order valence-electron chi connectivity index (χ3n) is 4.73. The molecule has 3 nitrogen and oxygen atoms in total. The summed E-state index contributed by atoms with van der Waals surface area (Å²) in [6.07, 6.45) is 3.25. The normalized spacial score (nSPS) is 17.6. The lowest BCUT2D eigenvalue weighted by Crippen LogP contribution is -2.41. The number of nitriles is 1. The van der Waals surface area contributed by atoms with Gasteiger partial charge >= 0.3 is 0 Å². The summed E-state index contributed by atoms with van der Waals surface area (Å²) in [4.78, 5) is 6.55. The molecule has 0 aliphatic carbocycles. The fourth-order valence-corrected chi connectivity index (χ4v) is 3.53. The molecular formula is C19H20ClN3. The maximum Gasteiger partial charge on any atom is 0.133 e. The molecule has 2 aromatic rings. The van der Waals surface area contributed by atoms with E-state index in [0.29, 0.717) is 5.15 Å². The summed E-state index contributed by atoms with van der Waals surface area (Å²) in [5, 5.41) is 10.2. The Bertz CT molecular complexity index is 710. The molecule has 4 heteroatoms. The zero-order chi connectivity index (χ0) is 16.3. The number of pyridine rings is 1. The number of rotatable bonds is 3. The minimum absolute atomic E-state index is 0.459. The molecule has 118 valence electrons. The summed E-state index contributed by atoms with van der Waals surface area (Å²) >= 11 is 6.23. The molecule has 23 heavy (non-hydrogen) atoms. The maximum atomic E-state index is 9.77. The van der Waals surface area contributed by atoms with Crippen molar-refractivity contribution in [2.45, 2.75) is 31.7 Å². The Kier molecular flexibility index (Phi) is 4.66. The van der Waals surface area contributed by atoms with Crippen LogP contribution >= 0.6 is 11.6 Å². The molecule has 0 spiro atoms. The molecule has 0 atom stereocenters. The van der Waals surface area contributed by atoms with Gasteiger partial charge in [0, 0.05) is 31.4 Å². The first-order valence-electron chi connectivity index (χ1n) is 7.93. The summed E-state index contributed by atoms with van der Waals surface area (Å²) in [7, 11) is 0. The largest absolute Gasteiger partial charge is 0.299 e. The second-order valence-corrected chi connectivity index (χ2v) is 6.66. The van der Waals surface area contributed by atoms with E-state index in [1.54, 1.807) is 6.20 Å². The molecule has 2 heterocycles. The highest BCUT2D eigenvalue weighted by atomic mass is 35.5. The molecule has 1 aliphatic rings. The number of hydrogen-bond donors (Lipinski definition) is 0. The average molecular weight is 326 g/mol. The Labute approximate surface area is 142 Å². The van der Waals surface area contributed by atoms with Crippen LogP contribution in [0.2, 0.25) is 5.15 Å². The molecule has 0 amide bonds. The van der Waals surface area contributed by atoms with Crippen molar-refractivity contribution in [1.29, 1.82) is 5.26 Å². The van der Waals surface area contributed by atoms with E-state index in [9.17, 15) is 5.26 Å². The van der Waals surface area contributed by atoms with Crippen molar-refractivity contribution < 1.29 is 0 Å². The van der Waals surface area contributed by atoms with Crippen LogP contribution < -0.4 is 0 Å². The van der Waals surface area contributed by atoms with E-state index in [1.165, 1.54) is 11.1 Å². The van der Waals surface area contributed by atoms with Gasteiger partial charge in [-0.3, -0.25) is 4.90 Å². The number of aryl methyl sites for hydroxylation is 1. The van der Waals surface area contributed by atoms with Gasteiger partial charge in [0.25, 0.3) is 0 Å². The summed E-state index contributed by atoms with van der Waals surface area (Å²) in [6, 6.07) is 15.0. The second kappa shape index (κ2) is 6.70. The van der Waals surface area contributed by atoms with Crippen molar-refractivity contribution in [3.8, 4) is 6.07 Å². The predicted octanol–water partition coefficient (Wildman–Crippen LogP) is 4.10. The lowest BCUT2D eigenvalue weighted by molar-refractivity contribution is 0.179. The third kappa shape index (κ3) is 3.39. The minimum atomic E-state index is -0.505. The summed E-state index contributed by atoms with van der Waals surface area (Å²) in [5.74, 6) is 0. The number of halogens is 1. The number of piperidine rings is 1. The molecule has 1 aromatic heterocycles. The SMILES string of the molecule is Cc1ccc(CN2CCC(C#N)(c3cccnc3Cl)CC2)cc1. The van der Waals surface area contributed by atoms with Crippen LogP contribution in [0.5, 0.6) is 0 Å². The average Bonchev–Trinajstić information content (AvgIpc) is 2.58. The molecule has 1 saturated heterocycles. The molecule has 0 N–H and O–H groups in total. The van der Waals surface area contributed by atoms with E-state index in [4.69, 9.17) is 11.6 Å². The van der Waals surface area contributed by atoms with Crippen molar-refractivity contribution in [2.24, 2.45) is 0 Å². The van der Waals surface area contributed by atoms with Gasteiger partial charge in [0.15, 0.2) is 0 Å². The van der Waals surface area contributed by atoms with Crippen molar-refractivity contribution in [3.63, 3.8) is 0 Å². The zero-order valence-corrected chi connectivity index (χ0v) is 14.1. The van der Waals surface area contributed by atoms with Crippen LogP contribution in [0, 0.1) is 18.3 Å². The van der Waals surface area contributed by atoms with E-state index < -0.39 is 5.41 Å². The molecule has 0 saturated carbocycles. The van der Waals surface area contributed by atoms with Gasteiger partial charge in [0.1, 0.15) is 5.15 Å². The van der Waals surface area contributed by atoms with Gasteiger partial charge in [0.05, 0.1) is 11.5 Å². The monoisotopic (exact) mass is 325 g/mol. The topological polar surface area (TPSA) is 39.9 Å².